The number of rotatable bonds is 4. The van der Waals surface area contributed by atoms with Crippen LogP contribution < -0.4 is 5.32 Å². The van der Waals surface area contributed by atoms with Crippen LogP contribution in [0.25, 0.3) is 10.9 Å². The molecule has 32 heavy (non-hydrogen) atoms. The Hall–Kier alpha value is -3.34. The van der Waals surface area contributed by atoms with E-state index in [0.717, 1.165) is 5.56 Å². The first-order valence-corrected chi connectivity index (χ1v) is 10.0. The summed E-state index contributed by atoms with van der Waals surface area (Å²) in [4.78, 5) is 16.6. The number of pyridine rings is 1. The molecule has 4 aromatic rings. The Labute approximate surface area is 187 Å². The van der Waals surface area contributed by atoms with Crippen LogP contribution in [-0.2, 0) is 12.7 Å². The van der Waals surface area contributed by atoms with Crippen LogP contribution in [0.4, 0.5) is 23.4 Å². The number of hydrogen-bond acceptors (Lipinski definition) is 4. The van der Waals surface area contributed by atoms with Gasteiger partial charge in [-0.1, -0.05) is 33.3 Å². The maximum Gasteiger partial charge on any atom is 0.433 e. The first-order valence-electron chi connectivity index (χ1n) is 9.25. The summed E-state index contributed by atoms with van der Waals surface area (Å²) in [5.74, 6) is -1.05. The third kappa shape index (κ3) is 4.47. The fourth-order valence-corrected chi connectivity index (χ4v) is 3.46. The molecular formula is C21H14BrF4N5O. The van der Waals surface area contributed by atoms with Gasteiger partial charge in [-0.2, -0.15) is 13.2 Å². The zero-order valence-corrected chi connectivity index (χ0v) is 18.0. The van der Waals surface area contributed by atoms with Crippen molar-refractivity contribution >= 4 is 38.6 Å². The van der Waals surface area contributed by atoms with Crippen molar-refractivity contribution in [2.75, 3.05) is 5.32 Å². The largest absolute Gasteiger partial charge is 0.433 e. The lowest BCUT2D eigenvalue weighted by Crippen LogP contribution is -2.17. The van der Waals surface area contributed by atoms with Gasteiger partial charge in [0.05, 0.1) is 23.3 Å². The van der Waals surface area contributed by atoms with E-state index >= 15 is 0 Å². The minimum atomic E-state index is -4.72. The van der Waals surface area contributed by atoms with Crippen LogP contribution in [0, 0.1) is 12.7 Å². The summed E-state index contributed by atoms with van der Waals surface area (Å²) in [5, 5.41) is 10.7. The number of halogens is 5. The average Bonchev–Trinajstić information content (AvgIpc) is 3.07. The second-order valence-corrected chi connectivity index (χ2v) is 7.89. The first kappa shape index (κ1) is 21.9. The number of aromatic nitrogens is 4. The van der Waals surface area contributed by atoms with Gasteiger partial charge in [0.2, 0.25) is 0 Å². The second kappa shape index (κ2) is 8.30. The van der Waals surface area contributed by atoms with Gasteiger partial charge in [-0.3, -0.25) is 4.79 Å². The Balaban J connectivity index is 1.66. The van der Waals surface area contributed by atoms with Crippen molar-refractivity contribution in [1.29, 1.82) is 0 Å². The fraction of sp³-hybridized carbons (Fsp3) is 0.143. The molecule has 164 valence electrons. The van der Waals surface area contributed by atoms with Gasteiger partial charge < -0.3 is 5.32 Å². The van der Waals surface area contributed by atoms with Crippen molar-refractivity contribution in [3.8, 4) is 0 Å². The van der Waals surface area contributed by atoms with Crippen LogP contribution in [0.1, 0.15) is 27.3 Å². The molecule has 1 N–H and O–H groups in total. The van der Waals surface area contributed by atoms with Crippen LogP contribution in [0.5, 0.6) is 0 Å². The monoisotopic (exact) mass is 507 g/mol. The van der Waals surface area contributed by atoms with E-state index in [-0.39, 0.29) is 34.6 Å². The van der Waals surface area contributed by atoms with Crippen molar-refractivity contribution in [2.24, 2.45) is 0 Å². The van der Waals surface area contributed by atoms with Crippen molar-refractivity contribution < 1.29 is 22.4 Å². The van der Waals surface area contributed by atoms with E-state index in [1.165, 1.54) is 28.9 Å². The smallest absolute Gasteiger partial charge is 0.303 e. The van der Waals surface area contributed by atoms with Crippen molar-refractivity contribution in [3.63, 3.8) is 0 Å². The molecule has 0 radical (unpaired) electrons. The van der Waals surface area contributed by atoms with Crippen LogP contribution in [-0.4, -0.2) is 25.9 Å². The molecule has 2 aromatic carbocycles. The van der Waals surface area contributed by atoms with Crippen molar-refractivity contribution in [3.05, 3.63) is 81.3 Å². The molecule has 6 nitrogen and oxygen atoms in total. The predicted octanol–water partition coefficient (Wildman–Crippen LogP) is 5.36. The van der Waals surface area contributed by atoms with Crippen molar-refractivity contribution in [2.45, 2.75) is 19.6 Å². The summed E-state index contributed by atoms with van der Waals surface area (Å²) in [7, 11) is 0. The Morgan fingerprint density at radius 3 is 2.53 bits per heavy atom. The molecule has 0 aliphatic carbocycles. The Kier molecular flexibility index (Phi) is 5.68. The highest BCUT2D eigenvalue weighted by Gasteiger charge is 2.34. The van der Waals surface area contributed by atoms with Gasteiger partial charge in [0.1, 0.15) is 11.5 Å². The summed E-state index contributed by atoms with van der Waals surface area (Å²) in [6.45, 7) is 1.93. The molecule has 1 amide bonds. The molecule has 4 rings (SSSR count). The number of anilines is 1. The Bertz CT molecular complexity index is 1320. The van der Waals surface area contributed by atoms with Gasteiger partial charge in [-0.15, -0.1) is 5.10 Å². The molecule has 0 bridgehead atoms. The summed E-state index contributed by atoms with van der Waals surface area (Å²) in [6.07, 6.45) is -4.72. The number of nitrogens with one attached hydrogen (secondary N) is 1. The standard InChI is InChI=1S/C21H14BrF4N5O/c1-11-19(29-30-31(11)10-12-2-5-14(23)6-3-12)28-20(32)16-9-18(21(24,25)26)27-17-7-4-13(22)8-15(16)17/h2-9H,10H2,1H3,(H,28,32). The van der Waals surface area contributed by atoms with E-state index in [4.69, 9.17) is 0 Å². The highest BCUT2D eigenvalue weighted by molar-refractivity contribution is 9.10. The number of nitrogens with zero attached hydrogens (tertiary/aromatic N) is 4. The lowest BCUT2D eigenvalue weighted by atomic mass is 10.1. The van der Waals surface area contributed by atoms with E-state index in [1.807, 2.05) is 0 Å². The molecule has 2 heterocycles. The molecule has 11 heteroatoms. The van der Waals surface area contributed by atoms with Gasteiger partial charge in [-0.05, 0) is 48.9 Å². The molecule has 0 atom stereocenters. The van der Waals surface area contributed by atoms with E-state index in [0.29, 0.717) is 16.2 Å². The van der Waals surface area contributed by atoms with E-state index in [9.17, 15) is 22.4 Å². The number of carbonyl (C=O) groups is 1. The lowest BCUT2D eigenvalue weighted by molar-refractivity contribution is -0.140. The minimum absolute atomic E-state index is 0.0323. The number of carbonyl (C=O) groups excluding carboxylic acids is 1. The third-order valence-corrected chi connectivity index (χ3v) is 5.26. The van der Waals surface area contributed by atoms with Gasteiger partial charge in [0.25, 0.3) is 5.91 Å². The molecule has 0 aliphatic heterocycles. The van der Waals surface area contributed by atoms with E-state index < -0.39 is 17.8 Å². The molecular weight excluding hydrogens is 494 g/mol. The maximum atomic E-state index is 13.3. The minimum Gasteiger partial charge on any atom is -0.303 e. The molecule has 2 aromatic heterocycles. The number of benzene rings is 2. The molecule has 0 fully saturated rings. The molecule has 0 aliphatic rings. The van der Waals surface area contributed by atoms with Crippen LogP contribution >= 0.6 is 15.9 Å². The number of amides is 1. The zero-order valence-electron chi connectivity index (χ0n) is 16.4. The van der Waals surface area contributed by atoms with Crippen molar-refractivity contribution in [1.82, 2.24) is 20.0 Å². The second-order valence-electron chi connectivity index (χ2n) is 6.98. The normalized spacial score (nSPS) is 11.7. The SMILES string of the molecule is Cc1c(NC(=O)c2cc(C(F)(F)F)nc3ccc(Br)cc23)nnn1Cc1ccc(F)cc1. The zero-order chi connectivity index (χ0) is 23.0. The number of fused-ring (bicyclic) bond motifs is 1. The van der Waals surface area contributed by atoms with E-state index in [2.05, 4.69) is 36.5 Å². The summed E-state index contributed by atoms with van der Waals surface area (Å²) >= 11 is 3.26. The van der Waals surface area contributed by atoms with Gasteiger partial charge in [0.15, 0.2) is 5.82 Å². The summed E-state index contributed by atoms with van der Waals surface area (Å²) in [5.41, 5.74) is -0.0922. The van der Waals surface area contributed by atoms with Crippen LogP contribution in [0.15, 0.2) is 53.0 Å². The average molecular weight is 508 g/mol. The first-order chi connectivity index (χ1) is 15.1. The van der Waals surface area contributed by atoms with Crippen LogP contribution in [0.3, 0.4) is 0 Å². The summed E-state index contributed by atoms with van der Waals surface area (Å²) in [6, 6.07) is 11.0. The van der Waals surface area contributed by atoms with Gasteiger partial charge >= 0.3 is 6.18 Å². The predicted molar refractivity (Wildman–Crippen MR) is 113 cm³/mol. The number of alkyl halides is 3. The maximum absolute atomic E-state index is 13.3. The topological polar surface area (TPSA) is 72.7 Å². The highest BCUT2D eigenvalue weighted by Crippen LogP contribution is 2.32. The highest BCUT2D eigenvalue weighted by atomic mass is 79.9. The van der Waals surface area contributed by atoms with Gasteiger partial charge in [-0.25, -0.2) is 14.1 Å². The lowest BCUT2D eigenvalue weighted by Gasteiger charge is -2.12. The Morgan fingerprint density at radius 1 is 1.12 bits per heavy atom. The summed E-state index contributed by atoms with van der Waals surface area (Å²) < 4.78 is 55.1. The van der Waals surface area contributed by atoms with E-state index in [1.54, 1.807) is 25.1 Å². The third-order valence-electron chi connectivity index (χ3n) is 4.77. The molecule has 0 saturated carbocycles. The molecule has 0 unspecified atom stereocenters. The quantitative estimate of drug-likeness (QED) is 0.377. The Morgan fingerprint density at radius 2 is 1.84 bits per heavy atom. The van der Waals surface area contributed by atoms with Crippen LogP contribution in [0.2, 0.25) is 0 Å². The van der Waals surface area contributed by atoms with Gasteiger partial charge in [0, 0.05) is 9.86 Å². The number of hydrogen-bond donors (Lipinski definition) is 1. The molecule has 0 spiro atoms. The molecule has 0 saturated heterocycles. The fourth-order valence-electron chi connectivity index (χ4n) is 3.09.